The molecule has 4 unspecified atom stereocenters. The monoisotopic (exact) mass is 1230 g/mol. The van der Waals surface area contributed by atoms with Gasteiger partial charge in [-0.05, 0) is 316 Å². The van der Waals surface area contributed by atoms with Gasteiger partial charge in [-0.1, -0.05) is 105 Å². The lowest BCUT2D eigenvalue weighted by atomic mass is 9.47. The predicted octanol–water partition coefficient (Wildman–Crippen LogP) is 16.5. The van der Waals surface area contributed by atoms with Crippen molar-refractivity contribution in [3.05, 3.63) is 46.6 Å². The summed E-state index contributed by atoms with van der Waals surface area (Å²) in [4.78, 5) is 48.8. The third-order valence-electron chi connectivity index (χ3n) is 29.9. The van der Waals surface area contributed by atoms with E-state index in [9.17, 15) is 39.6 Å². The molecule has 0 aromatic heterocycles. The molecule has 12 fully saturated rings. The zero-order valence-corrected chi connectivity index (χ0v) is 54.2. The van der Waals surface area contributed by atoms with Gasteiger partial charge in [-0.2, -0.15) is 0 Å². The van der Waals surface area contributed by atoms with Gasteiger partial charge in [-0.15, -0.1) is 0 Å². The van der Waals surface area contributed by atoms with Crippen LogP contribution in [0.25, 0.3) is 0 Å². The summed E-state index contributed by atoms with van der Waals surface area (Å²) in [5.41, 5.74) is -4.09. The summed E-state index contributed by atoms with van der Waals surface area (Å²) in [5, 5.41) is 43.2. The van der Waals surface area contributed by atoms with Crippen molar-refractivity contribution in [2.45, 2.75) is 287 Å². The summed E-state index contributed by atoms with van der Waals surface area (Å²) in [6.45, 7) is 7.18. The molecule has 88 heavy (non-hydrogen) atoms. The van der Waals surface area contributed by atoms with Crippen molar-refractivity contribution >= 4 is 23.1 Å². The molecule has 8 heteroatoms. The van der Waals surface area contributed by atoms with Crippen LogP contribution in [0, 0.1) is 138 Å². The van der Waals surface area contributed by atoms with E-state index >= 15 is 0 Å². The first kappa shape index (κ1) is 44.2. The molecular weight excluding hydrogens is 1090 g/mol. The van der Waals surface area contributed by atoms with Crippen molar-refractivity contribution in [1.29, 1.82) is 0 Å². The second-order valence-corrected chi connectivity index (χ2v) is 33.8. The topological polar surface area (TPSA) is 149 Å². The Morgan fingerprint density at radius 2 is 0.648 bits per heavy atom. The molecule has 488 valence electrons. The minimum absolute atomic E-state index is 0.0672. The molecule has 0 aromatic carbocycles. The minimum atomic E-state index is -2.89. The van der Waals surface area contributed by atoms with Gasteiger partial charge in [0.2, 0.25) is 0 Å². The van der Waals surface area contributed by atoms with E-state index in [0.717, 1.165) is 88.7 Å². The van der Waals surface area contributed by atoms with Crippen molar-refractivity contribution in [2.75, 3.05) is 0 Å². The Balaban J connectivity index is 0.000000127. The maximum Gasteiger partial charge on any atom is 0.155 e. The first-order valence-corrected chi connectivity index (χ1v) is 35.2. The predicted molar refractivity (Wildman–Crippen MR) is 349 cm³/mol. The first-order valence-electron chi connectivity index (χ1n) is 45.2. The lowest BCUT2D eigenvalue weighted by molar-refractivity contribution is -0.118. The standard InChI is InChI=1S/4C20H30O2/c4*1-12-10-17-15-5-4-13-11-14(21)6-8-19(13,2)16(15)7-9-20(17,3)18(12)22/h4*11-12,15-18,22H,4-10H2,1-3H3/t4*12?,15-,16+,17+,18+,19+,20+/m1111/s1/i2D3,6D2,8D2;2D3,8D2;2D3,6D2;2D3. The first-order chi connectivity index (χ1) is 49.5. The van der Waals surface area contributed by atoms with Crippen LogP contribution in [0.4, 0.5) is 0 Å². The average molecular weight is 1230 g/mol. The second kappa shape index (κ2) is 22.6. The molecule has 16 aliphatic carbocycles. The van der Waals surface area contributed by atoms with E-state index in [1.165, 1.54) is 12.2 Å². The highest BCUT2D eigenvalue weighted by atomic mass is 16.3. The molecule has 0 radical (unpaired) electrons. The third-order valence-corrected chi connectivity index (χ3v) is 29.9. The van der Waals surface area contributed by atoms with Gasteiger partial charge in [-0.3, -0.25) is 19.2 Å². The van der Waals surface area contributed by atoms with Gasteiger partial charge in [0.25, 0.3) is 0 Å². The van der Waals surface area contributed by atoms with Gasteiger partial charge in [0.15, 0.2) is 23.1 Å². The summed E-state index contributed by atoms with van der Waals surface area (Å²) in [5.74, 6) is -0.378. The number of hydrogen-bond donors (Lipinski definition) is 4. The van der Waals surface area contributed by atoms with Crippen molar-refractivity contribution in [3.8, 4) is 0 Å². The molecule has 4 N–H and O–H groups in total. The van der Waals surface area contributed by atoms with E-state index in [1.807, 2.05) is 6.92 Å². The number of aliphatic hydroxyl groups is 4. The lowest BCUT2D eigenvalue weighted by Gasteiger charge is -2.57. The van der Waals surface area contributed by atoms with Crippen molar-refractivity contribution < 1.29 is 67.0 Å². The maximum atomic E-state index is 12.4. The zero-order valence-electron chi connectivity index (χ0n) is 74.2. The largest absolute Gasteiger partial charge is 0.392 e. The highest BCUT2D eigenvalue weighted by molar-refractivity contribution is 5.93. The second-order valence-electron chi connectivity index (χ2n) is 33.8. The van der Waals surface area contributed by atoms with Crippen LogP contribution in [0.2, 0.25) is 0 Å². The molecule has 0 spiro atoms. The summed E-state index contributed by atoms with van der Waals surface area (Å²) < 4.78 is 168. The summed E-state index contributed by atoms with van der Waals surface area (Å²) >= 11 is 0. The number of fused-ring (bicyclic) bond motifs is 20. The summed E-state index contributed by atoms with van der Waals surface area (Å²) in [6.07, 6.45) is 8.83. The van der Waals surface area contributed by atoms with Gasteiger partial charge in [0.05, 0.1) is 24.4 Å². The van der Waals surface area contributed by atoms with E-state index in [2.05, 4.69) is 48.5 Å². The number of hydrogen-bond acceptors (Lipinski definition) is 8. The average Bonchev–Trinajstić information content (AvgIpc) is 1.07. The molecular formula is C80H120O8. The third kappa shape index (κ3) is 9.74. The Bertz CT molecular complexity index is 3740. The normalized spacial score (nSPS) is 60.5. The molecule has 28 atom stereocenters. The quantitative estimate of drug-likeness (QED) is 0.187. The molecule has 0 saturated heterocycles. The van der Waals surface area contributed by atoms with E-state index in [1.54, 1.807) is 6.08 Å². The van der Waals surface area contributed by atoms with Gasteiger partial charge in [-0.25, -0.2) is 0 Å². The van der Waals surface area contributed by atoms with E-state index < -0.39 is 98.1 Å². The number of rotatable bonds is 0. The van der Waals surface area contributed by atoms with Gasteiger partial charge < -0.3 is 20.4 Å². The van der Waals surface area contributed by atoms with Gasteiger partial charge in [0, 0.05) is 53.0 Å². The molecule has 0 amide bonds. The highest BCUT2D eigenvalue weighted by Crippen LogP contribution is 2.71. The Morgan fingerprint density at radius 1 is 0.352 bits per heavy atom. The summed E-state index contributed by atoms with van der Waals surface area (Å²) in [7, 11) is 0. The van der Waals surface area contributed by atoms with E-state index in [4.69, 9.17) is 27.4 Å². The Kier molecular flexibility index (Phi) is 11.3. The molecule has 16 rings (SSSR count). The molecule has 0 bridgehead atoms. The van der Waals surface area contributed by atoms with Crippen molar-refractivity contribution in [3.63, 3.8) is 0 Å². The SMILES string of the molecule is [2H]C([2H])([2H])[C@@]12C(=CC(=O)CC1([2H])[2H])CC[C@H]1[C@@H]3CC(C)[C@H](O)[C@@]3(C)CC[C@@H]12.[2H]C([2H])([2H])[C@]12CCC(=O)C=C1CC[C@H]1[C@@H]3CC(C)[C@H](O)[C@@]3(C)CC[C@@H]12.[2H]C1([2H])C(=O)C=C2CC[C@H]3[C@@H]4CC(C)[C@H](O)[C@@]4(C)CC[C@@H]3[C@@]2(C([2H])([2H])[2H])C1([2H])[2H].[2H]C1([2H])C[C@@]2(C([2H])([2H])[2H])C(=CC1=O)CC[C@H]1[C@@H]3CC(C)[C@H](O)[C@@]3(C)CC[C@@H]12. The number of allylic oxidation sites excluding steroid dienone is 4. The van der Waals surface area contributed by atoms with Gasteiger partial charge >= 0.3 is 0 Å². The molecule has 0 aromatic rings. The van der Waals surface area contributed by atoms with Crippen molar-refractivity contribution in [2.24, 2.45) is 138 Å². The Morgan fingerprint density at radius 3 is 1.01 bits per heavy atom. The fourth-order valence-electron chi connectivity index (χ4n) is 25.1. The van der Waals surface area contributed by atoms with Gasteiger partial charge in [0.1, 0.15) is 0 Å². The van der Waals surface area contributed by atoms with Crippen LogP contribution in [-0.4, -0.2) is 68.0 Å². The number of ketones is 4. The molecule has 0 heterocycles. The van der Waals surface area contributed by atoms with Crippen LogP contribution in [0.1, 0.15) is 290 Å². The highest BCUT2D eigenvalue weighted by Gasteiger charge is 2.65. The molecule has 0 aliphatic heterocycles. The Labute approximate surface area is 560 Å². The van der Waals surface area contributed by atoms with E-state index in [0.29, 0.717) is 86.7 Å². The smallest absolute Gasteiger partial charge is 0.155 e. The Hall–Kier alpha value is -2.52. The van der Waals surface area contributed by atoms with Crippen LogP contribution >= 0.6 is 0 Å². The minimum Gasteiger partial charge on any atom is -0.392 e. The van der Waals surface area contributed by atoms with E-state index in [-0.39, 0.29) is 147 Å². The fraction of sp³-hybridized carbons (Fsp3) is 0.850. The number of carbonyl (C=O) groups is 4. The van der Waals surface area contributed by atoms with Crippen LogP contribution in [0.5, 0.6) is 0 Å². The van der Waals surface area contributed by atoms with Crippen LogP contribution < -0.4 is 0 Å². The fourth-order valence-corrected chi connectivity index (χ4v) is 25.1. The number of carbonyl (C=O) groups excluding carboxylic acids is 4. The number of aliphatic hydroxyl groups excluding tert-OH is 4. The van der Waals surface area contributed by atoms with Crippen LogP contribution in [0.3, 0.4) is 0 Å². The maximum absolute atomic E-state index is 12.4. The molecule has 8 nitrogen and oxygen atoms in total. The summed E-state index contributed by atoms with van der Waals surface area (Å²) in [6, 6.07) is 0. The lowest BCUT2D eigenvalue weighted by Crippen LogP contribution is -2.51. The van der Waals surface area contributed by atoms with Crippen LogP contribution in [0.15, 0.2) is 46.6 Å². The van der Waals surface area contributed by atoms with Crippen molar-refractivity contribution in [1.82, 2.24) is 0 Å². The molecule has 12 saturated carbocycles. The van der Waals surface area contributed by atoms with Crippen LogP contribution in [-0.2, 0) is 19.2 Å². The zero-order chi connectivity index (χ0) is 80.0. The molecule has 16 aliphatic rings.